The molecule has 4 N–H and O–H groups in total. The summed E-state index contributed by atoms with van der Waals surface area (Å²) in [6, 6.07) is 0. The first-order chi connectivity index (χ1) is 7.46. The molecule has 6 nitrogen and oxygen atoms in total. The third-order valence-corrected chi connectivity index (χ3v) is 2.57. The highest BCUT2D eigenvalue weighted by atomic mass is 16.7. The lowest BCUT2D eigenvalue weighted by Crippen LogP contribution is -2.42. The van der Waals surface area contributed by atoms with Crippen LogP contribution in [-0.2, 0) is 9.47 Å². The van der Waals surface area contributed by atoms with Crippen molar-refractivity contribution in [3.05, 3.63) is 12.3 Å². The van der Waals surface area contributed by atoms with Gasteiger partial charge >= 0.3 is 0 Å². The maximum atomic E-state index is 9.73. The Morgan fingerprint density at radius 2 is 2.12 bits per heavy atom. The summed E-state index contributed by atoms with van der Waals surface area (Å²) in [6.07, 6.45) is -2.02. The van der Waals surface area contributed by atoms with Crippen LogP contribution in [0.3, 0.4) is 0 Å². The lowest BCUT2D eigenvalue weighted by Gasteiger charge is -2.26. The molecule has 5 atom stereocenters. The summed E-state index contributed by atoms with van der Waals surface area (Å²) in [5.74, 6) is -1.42. The molecule has 0 aromatic heterocycles. The van der Waals surface area contributed by atoms with Crippen LogP contribution >= 0.6 is 0 Å². The Hall–Kier alpha value is -0.660. The van der Waals surface area contributed by atoms with Crippen molar-refractivity contribution in [1.29, 1.82) is 0 Å². The number of hydrogen-bond donors (Lipinski definition) is 4. The topological polar surface area (TPSA) is 99.4 Å². The predicted molar refractivity (Wildman–Crippen MR) is 54.3 cm³/mol. The summed E-state index contributed by atoms with van der Waals surface area (Å²) >= 11 is 0. The molecule has 0 aromatic carbocycles. The van der Waals surface area contributed by atoms with Gasteiger partial charge in [0.15, 0.2) is 0 Å². The minimum atomic E-state index is -1.42. The molecule has 1 saturated heterocycles. The number of rotatable bonds is 4. The van der Waals surface area contributed by atoms with Gasteiger partial charge in [-0.1, -0.05) is 6.08 Å². The quantitative estimate of drug-likeness (QED) is 0.452. The fourth-order valence-corrected chi connectivity index (χ4v) is 1.61. The van der Waals surface area contributed by atoms with Gasteiger partial charge in [0.25, 0.3) is 0 Å². The van der Waals surface area contributed by atoms with Crippen molar-refractivity contribution < 1.29 is 29.9 Å². The highest BCUT2D eigenvalue weighted by Crippen LogP contribution is 2.33. The van der Waals surface area contributed by atoms with E-state index in [2.05, 4.69) is 0 Å². The molecular weight excluding hydrogens is 216 g/mol. The smallest absolute Gasteiger partial charge is 0.236 e. The molecule has 0 aromatic rings. The third kappa shape index (κ3) is 2.36. The molecule has 0 aliphatic carbocycles. The lowest BCUT2D eigenvalue weighted by atomic mass is 10.0. The van der Waals surface area contributed by atoms with E-state index in [4.69, 9.17) is 14.6 Å². The third-order valence-electron chi connectivity index (χ3n) is 2.57. The zero-order valence-electron chi connectivity index (χ0n) is 9.28. The Labute approximate surface area is 93.7 Å². The summed E-state index contributed by atoms with van der Waals surface area (Å²) in [7, 11) is 0. The van der Waals surface area contributed by atoms with Crippen LogP contribution in [0, 0.1) is 0 Å². The molecular formula is C10H18O6. The summed E-state index contributed by atoms with van der Waals surface area (Å²) < 4.78 is 10.4. The lowest BCUT2D eigenvalue weighted by molar-refractivity contribution is -0.229. The Kier molecular flexibility index (Phi) is 4.28. The average molecular weight is 234 g/mol. The van der Waals surface area contributed by atoms with E-state index in [1.54, 1.807) is 13.0 Å². The van der Waals surface area contributed by atoms with Gasteiger partial charge in [-0.2, -0.15) is 0 Å². The standard InChI is InChI=1S/C10H18O6/c1-3-4-15-10(2)9(14)7(13)8(16-10)6(12)5-11/h3-4,6-9,11-14H,5H2,1-2H3/t6?,7-,8+,9+,10-/m0/s1. The molecule has 1 unspecified atom stereocenters. The van der Waals surface area contributed by atoms with Crippen LogP contribution in [0.1, 0.15) is 13.8 Å². The number of aliphatic hydroxyl groups excluding tert-OH is 4. The monoisotopic (exact) mass is 234 g/mol. The molecule has 1 aliphatic heterocycles. The minimum Gasteiger partial charge on any atom is -0.468 e. The highest BCUT2D eigenvalue weighted by molar-refractivity contribution is 4.97. The largest absolute Gasteiger partial charge is 0.468 e. The van der Waals surface area contributed by atoms with Crippen LogP contribution in [0.5, 0.6) is 0 Å². The Morgan fingerprint density at radius 3 is 2.62 bits per heavy atom. The van der Waals surface area contributed by atoms with E-state index in [1.165, 1.54) is 13.2 Å². The van der Waals surface area contributed by atoms with Gasteiger partial charge in [-0.15, -0.1) is 0 Å². The number of hydrogen-bond acceptors (Lipinski definition) is 6. The van der Waals surface area contributed by atoms with E-state index in [0.29, 0.717) is 0 Å². The van der Waals surface area contributed by atoms with E-state index in [1.807, 2.05) is 0 Å². The van der Waals surface area contributed by atoms with Crippen LogP contribution in [-0.4, -0.2) is 57.2 Å². The molecule has 1 rings (SSSR count). The summed E-state index contributed by atoms with van der Waals surface area (Å²) in [4.78, 5) is 0. The van der Waals surface area contributed by atoms with Gasteiger partial charge in [-0.05, 0) is 6.92 Å². The maximum absolute atomic E-state index is 9.73. The minimum absolute atomic E-state index is 0.561. The van der Waals surface area contributed by atoms with Gasteiger partial charge in [0, 0.05) is 6.92 Å². The predicted octanol–water partition coefficient (Wildman–Crippen LogP) is -1.27. The molecule has 0 bridgehead atoms. The van der Waals surface area contributed by atoms with Crippen molar-refractivity contribution in [2.24, 2.45) is 0 Å². The maximum Gasteiger partial charge on any atom is 0.236 e. The first kappa shape index (κ1) is 13.4. The van der Waals surface area contributed by atoms with Crippen LogP contribution in [0.2, 0.25) is 0 Å². The van der Waals surface area contributed by atoms with E-state index >= 15 is 0 Å². The molecule has 1 heterocycles. The Bertz CT molecular complexity index is 256. The van der Waals surface area contributed by atoms with E-state index in [9.17, 15) is 15.3 Å². The highest BCUT2D eigenvalue weighted by Gasteiger charge is 2.54. The van der Waals surface area contributed by atoms with Crippen molar-refractivity contribution in [1.82, 2.24) is 0 Å². The number of aliphatic hydroxyl groups is 4. The van der Waals surface area contributed by atoms with Crippen molar-refractivity contribution in [3.8, 4) is 0 Å². The van der Waals surface area contributed by atoms with Crippen LogP contribution in [0.25, 0.3) is 0 Å². The molecule has 0 radical (unpaired) electrons. The van der Waals surface area contributed by atoms with Crippen molar-refractivity contribution >= 4 is 0 Å². The van der Waals surface area contributed by atoms with Crippen LogP contribution in [0.15, 0.2) is 12.3 Å². The van der Waals surface area contributed by atoms with E-state index in [-0.39, 0.29) is 0 Å². The second kappa shape index (κ2) is 5.11. The summed E-state index contributed by atoms with van der Waals surface area (Å²) in [6.45, 7) is 2.61. The molecule has 0 amide bonds. The second-order valence-electron chi connectivity index (χ2n) is 3.87. The average Bonchev–Trinajstić information content (AvgIpc) is 2.51. The van der Waals surface area contributed by atoms with Gasteiger partial charge < -0.3 is 29.9 Å². The molecule has 1 fully saturated rings. The molecule has 1 aliphatic rings. The fraction of sp³-hybridized carbons (Fsp3) is 0.800. The zero-order chi connectivity index (χ0) is 12.3. The molecule has 6 heteroatoms. The van der Waals surface area contributed by atoms with Gasteiger partial charge in [-0.3, -0.25) is 0 Å². The SMILES string of the molecule is CC=CO[C@@]1(C)O[C@H](C(O)CO)[C@H](O)[C@H]1O. The number of allylic oxidation sites excluding steroid dienone is 1. The van der Waals surface area contributed by atoms with Gasteiger partial charge in [0.05, 0.1) is 12.9 Å². The second-order valence-corrected chi connectivity index (χ2v) is 3.87. The Morgan fingerprint density at radius 1 is 1.50 bits per heavy atom. The first-order valence-corrected chi connectivity index (χ1v) is 5.08. The van der Waals surface area contributed by atoms with E-state index < -0.39 is 36.8 Å². The normalized spacial score (nSPS) is 41.5. The molecule has 16 heavy (non-hydrogen) atoms. The first-order valence-electron chi connectivity index (χ1n) is 5.08. The molecule has 0 saturated carbocycles. The van der Waals surface area contributed by atoms with Crippen molar-refractivity contribution in [3.63, 3.8) is 0 Å². The Balaban J connectivity index is 2.77. The van der Waals surface area contributed by atoms with Crippen LogP contribution < -0.4 is 0 Å². The molecule has 0 spiro atoms. The van der Waals surface area contributed by atoms with Gasteiger partial charge in [0.2, 0.25) is 5.79 Å². The van der Waals surface area contributed by atoms with Crippen molar-refractivity contribution in [2.45, 2.75) is 44.1 Å². The van der Waals surface area contributed by atoms with E-state index in [0.717, 1.165) is 0 Å². The summed E-state index contributed by atoms with van der Waals surface area (Å²) in [5.41, 5.74) is 0. The van der Waals surface area contributed by atoms with Gasteiger partial charge in [-0.25, -0.2) is 0 Å². The molecule has 94 valence electrons. The number of ether oxygens (including phenoxy) is 2. The van der Waals surface area contributed by atoms with Crippen LogP contribution in [0.4, 0.5) is 0 Å². The summed E-state index contributed by atoms with van der Waals surface area (Å²) in [5, 5.41) is 37.5. The van der Waals surface area contributed by atoms with Crippen molar-refractivity contribution in [2.75, 3.05) is 6.61 Å². The van der Waals surface area contributed by atoms with Gasteiger partial charge in [0.1, 0.15) is 24.4 Å². The zero-order valence-corrected chi connectivity index (χ0v) is 9.28. The fourth-order valence-electron chi connectivity index (χ4n) is 1.61.